The molecule has 1 fully saturated rings. The fraction of sp³-hybridized carbons (Fsp3) is 0.500. The van der Waals surface area contributed by atoms with Crippen LogP contribution in [0.3, 0.4) is 0 Å². The summed E-state index contributed by atoms with van der Waals surface area (Å²) in [4.78, 5) is 16.1. The second kappa shape index (κ2) is 5.97. The number of sulfone groups is 1. The van der Waals surface area contributed by atoms with Crippen molar-refractivity contribution in [3.05, 3.63) is 22.8 Å². The zero-order chi connectivity index (χ0) is 14.8. The lowest BCUT2D eigenvalue weighted by Gasteiger charge is -2.12. The average Bonchev–Trinajstić information content (AvgIpc) is 2.71. The first-order valence-corrected chi connectivity index (χ1v) is 8.42. The van der Waals surface area contributed by atoms with E-state index in [1.165, 1.54) is 6.07 Å². The number of carbonyl (C=O) groups is 1. The predicted molar refractivity (Wildman–Crippen MR) is 74.9 cm³/mol. The van der Waals surface area contributed by atoms with E-state index in [4.69, 9.17) is 16.3 Å². The molecule has 2 rings (SSSR count). The van der Waals surface area contributed by atoms with Crippen LogP contribution in [-0.2, 0) is 9.84 Å². The summed E-state index contributed by atoms with van der Waals surface area (Å²) in [6.07, 6.45) is 0.414. The molecule has 8 heteroatoms. The quantitative estimate of drug-likeness (QED) is 0.897. The van der Waals surface area contributed by atoms with Crippen molar-refractivity contribution >= 4 is 27.3 Å². The molecule has 0 aromatic carbocycles. The van der Waals surface area contributed by atoms with Gasteiger partial charge in [-0.1, -0.05) is 11.6 Å². The summed E-state index contributed by atoms with van der Waals surface area (Å²) in [6, 6.07) is 2.71. The minimum Gasteiger partial charge on any atom is -0.478 e. The molecule has 0 aliphatic carbocycles. The highest BCUT2D eigenvalue weighted by atomic mass is 35.5. The number of amides is 1. The molecule has 1 aliphatic heterocycles. The largest absolute Gasteiger partial charge is 0.478 e. The van der Waals surface area contributed by atoms with E-state index in [9.17, 15) is 13.2 Å². The van der Waals surface area contributed by atoms with E-state index in [2.05, 4.69) is 10.3 Å². The third kappa shape index (κ3) is 3.61. The smallest absolute Gasteiger partial charge is 0.271 e. The second-order valence-electron chi connectivity index (χ2n) is 4.49. The number of halogens is 1. The van der Waals surface area contributed by atoms with Crippen LogP contribution >= 0.6 is 11.6 Å². The molecular weight excluding hydrogens is 304 g/mol. The van der Waals surface area contributed by atoms with Crippen molar-refractivity contribution in [3.8, 4) is 5.88 Å². The first kappa shape index (κ1) is 15.1. The Kier molecular flexibility index (Phi) is 4.49. The molecule has 2 heterocycles. The lowest BCUT2D eigenvalue weighted by atomic mass is 10.2. The van der Waals surface area contributed by atoms with Crippen LogP contribution in [0.2, 0.25) is 5.02 Å². The van der Waals surface area contributed by atoms with Crippen molar-refractivity contribution in [3.63, 3.8) is 0 Å². The minimum atomic E-state index is -3.04. The standard InChI is InChI=1S/C12H15ClN2O4S/c1-2-19-10-4-3-9(13)11(15-10)12(16)14-8-5-6-20(17,18)7-8/h3-4,8H,2,5-7H2,1H3,(H,14,16)/t8-/m0/s1. The molecule has 1 aromatic heterocycles. The highest BCUT2D eigenvalue weighted by Gasteiger charge is 2.29. The molecule has 1 saturated heterocycles. The van der Waals surface area contributed by atoms with Gasteiger partial charge in [0, 0.05) is 12.1 Å². The SMILES string of the molecule is CCOc1ccc(Cl)c(C(=O)N[C@H]2CCS(=O)(=O)C2)n1. The number of ether oxygens (including phenoxy) is 1. The Labute approximate surface area is 122 Å². The third-order valence-corrected chi connectivity index (χ3v) is 4.97. The first-order chi connectivity index (χ1) is 9.41. The Balaban J connectivity index is 2.11. The van der Waals surface area contributed by atoms with Crippen LogP contribution < -0.4 is 10.1 Å². The zero-order valence-electron chi connectivity index (χ0n) is 10.9. The number of hydrogen-bond acceptors (Lipinski definition) is 5. The molecule has 1 aliphatic rings. The summed E-state index contributed by atoms with van der Waals surface area (Å²) in [5, 5.41) is 2.84. The van der Waals surface area contributed by atoms with E-state index in [1.807, 2.05) is 0 Å². The van der Waals surface area contributed by atoms with E-state index in [1.54, 1.807) is 13.0 Å². The van der Waals surface area contributed by atoms with Gasteiger partial charge >= 0.3 is 0 Å². The van der Waals surface area contributed by atoms with Crippen LogP contribution in [0, 0.1) is 0 Å². The van der Waals surface area contributed by atoms with Gasteiger partial charge in [0.1, 0.15) is 0 Å². The predicted octanol–water partition coefficient (Wildman–Crippen LogP) is 1.05. The number of rotatable bonds is 4. The number of nitrogens with zero attached hydrogens (tertiary/aromatic N) is 1. The molecule has 0 radical (unpaired) electrons. The van der Waals surface area contributed by atoms with Gasteiger partial charge in [-0.05, 0) is 19.4 Å². The normalized spacial score (nSPS) is 20.6. The Bertz CT molecular complexity index is 618. The molecule has 1 aromatic rings. The molecule has 20 heavy (non-hydrogen) atoms. The van der Waals surface area contributed by atoms with Crippen LogP contribution in [0.4, 0.5) is 0 Å². The molecule has 0 bridgehead atoms. The number of aromatic nitrogens is 1. The molecule has 0 unspecified atom stereocenters. The van der Waals surface area contributed by atoms with Gasteiger partial charge in [-0.2, -0.15) is 0 Å². The lowest BCUT2D eigenvalue weighted by molar-refractivity contribution is 0.0935. The third-order valence-electron chi connectivity index (χ3n) is 2.90. The fourth-order valence-corrected chi connectivity index (χ4v) is 3.84. The summed E-state index contributed by atoms with van der Waals surface area (Å²) >= 11 is 5.94. The summed E-state index contributed by atoms with van der Waals surface area (Å²) in [6.45, 7) is 2.23. The highest BCUT2D eigenvalue weighted by Crippen LogP contribution is 2.19. The summed E-state index contributed by atoms with van der Waals surface area (Å²) in [7, 11) is -3.04. The van der Waals surface area contributed by atoms with Crippen LogP contribution in [0.1, 0.15) is 23.8 Å². The fourth-order valence-electron chi connectivity index (χ4n) is 1.97. The molecule has 1 amide bonds. The molecule has 0 spiro atoms. The second-order valence-corrected chi connectivity index (χ2v) is 7.12. The molecule has 0 saturated carbocycles. The summed E-state index contributed by atoms with van der Waals surface area (Å²) in [5.41, 5.74) is 0.0434. The van der Waals surface area contributed by atoms with Crippen LogP contribution in [0.5, 0.6) is 5.88 Å². The van der Waals surface area contributed by atoms with Gasteiger partial charge < -0.3 is 10.1 Å². The number of carbonyl (C=O) groups excluding carboxylic acids is 1. The van der Waals surface area contributed by atoms with E-state index < -0.39 is 15.7 Å². The number of pyridine rings is 1. The van der Waals surface area contributed by atoms with Gasteiger partial charge in [0.2, 0.25) is 5.88 Å². The van der Waals surface area contributed by atoms with Gasteiger partial charge in [-0.15, -0.1) is 0 Å². The summed E-state index contributed by atoms with van der Waals surface area (Å²) < 4.78 is 27.9. The Morgan fingerprint density at radius 2 is 2.30 bits per heavy atom. The van der Waals surface area contributed by atoms with Crippen LogP contribution in [0.25, 0.3) is 0 Å². The Hall–Kier alpha value is -1.34. The van der Waals surface area contributed by atoms with Crippen molar-refractivity contribution in [2.75, 3.05) is 18.1 Å². The van der Waals surface area contributed by atoms with Crippen molar-refractivity contribution in [1.29, 1.82) is 0 Å². The maximum atomic E-state index is 12.1. The molecule has 1 atom stereocenters. The van der Waals surface area contributed by atoms with E-state index in [0.29, 0.717) is 18.9 Å². The van der Waals surface area contributed by atoms with Crippen LogP contribution in [-0.4, -0.2) is 43.5 Å². The van der Waals surface area contributed by atoms with Crippen molar-refractivity contribution in [1.82, 2.24) is 10.3 Å². The van der Waals surface area contributed by atoms with Gasteiger partial charge in [-0.3, -0.25) is 4.79 Å². The van der Waals surface area contributed by atoms with Gasteiger partial charge in [0.25, 0.3) is 5.91 Å². The maximum Gasteiger partial charge on any atom is 0.271 e. The molecular formula is C12H15ClN2O4S. The summed E-state index contributed by atoms with van der Waals surface area (Å²) in [5.74, 6) is -0.126. The highest BCUT2D eigenvalue weighted by molar-refractivity contribution is 7.91. The van der Waals surface area contributed by atoms with Gasteiger partial charge in [0.05, 0.1) is 23.1 Å². The Morgan fingerprint density at radius 3 is 2.90 bits per heavy atom. The van der Waals surface area contributed by atoms with Crippen molar-refractivity contribution in [2.24, 2.45) is 0 Å². The number of nitrogens with one attached hydrogen (secondary N) is 1. The maximum absolute atomic E-state index is 12.1. The monoisotopic (exact) mass is 318 g/mol. The lowest BCUT2D eigenvalue weighted by Crippen LogP contribution is -2.36. The molecule has 6 nitrogen and oxygen atoms in total. The van der Waals surface area contributed by atoms with E-state index in [-0.39, 0.29) is 28.3 Å². The van der Waals surface area contributed by atoms with E-state index >= 15 is 0 Å². The topological polar surface area (TPSA) is 85.4 Å². The molecule has 110 valence electrons. The first-order valence-electron chi connectivity index (χ1n) is 6.22. The van der Waals surface area contributed by atoms with E-state index in [0.717, 1.165) is 0 Å². The number of hydrogen-bond donors (Lipinski definition) is 1. The van der Waals surface area contributed by atoms with Crippen molar-refractivity contribution in [2.45, 2.75) is 19.4 Å². The van der Waals surface area contributed by atoms with Crippen LogP contribution in [0.15, 0.2) is 12.1 Å². The van der Waals surface area contributed by atoms with Gasteiger partial charge in [0.15, 0.2) is 15.5 Å². The average molecular weight is 319 g/mol. The molecule has 1 N–H and O–H groups in total. The zero-order valence-corrected chi connectivity index (χ0v) is 12.5. The Morgan fingerprint density at radius 1 is 1.55 bits per heavy atom. The van der Waals surface area contributed by atoms with Gasteiger partial charge in [-0.25, -0.2) is 13.4 Å². The van der Waals surface area contributed by atoms with Crippen molar-refractivity contribution < 1.29 is 17.9 Å². The minimum absolute atomic E-state index is 0.0402.